The summed E-state index contributed by atoms with van der Waals surface area (Å²) in [6, 6.07) is 2.35. The summed E-state index contributed by atoms with van der Waals surface area (Å²) in [5, 5.41) is 0. The number of hydrogen-bond donors (Lipinski definition) is 0. The highest BCUT2D eigenvalue weighted by molar-refractivity contribution is 5.33. The molecule has 1 aromatic carbocycles. The molecule has 0 bridgehead atoms. The van der Waals surface area contributed by atoms with Crippen LogP contribution in [0.1, 0.15) is 95.5 Å². The molecule has 1 nitrogen and oxygen atoms in total. The molecule has 0 aliphatic heterocycles. The molecule has 174 valence electrons. The number of rotatable bonds is 9. The van der Waals surface area contributed by atoms with Crippen molar-refractivity contribution in [3.8, 4) is 5.75 Å². The predicted molar refractivity (Wildman–Crippen MR) is 116 cm³/mol. The quantitative estimate of drug-likeness (QED) is 0.275. The Labute approximate surface area is 184 Å². The van der Waals surface area contributed by atoms with Crippen molar-refractivity contribution in [1.82, 2.24) is 0 Å². The lowest BCUT2D eigenvalue weighted by Gasteiger charge is -2.38. The lowest BCUT2D eigenvalue weighted by atomic mass is 9.68. The van der Waals surface area contributed by atoms with Gasteiger partial charge in [-0.2, -0.15) is 8.78 Å². The van der Waals surface area contributed by atoms with Crippen molar-refractivity contribution in [1.29, 1.82) is 0 Å². The van der Waals surface area contributed by atoms with E-state index in [0.29, 0.717) is 11.5 Å². The topological polar surface area (TPSA) is 9.23 Å². The Bertz CT molecular complexity index is 678. The van der Waals surface area contributed by atoms with E-state index < -0.39 is 24.0 Å². The molecule has 0 saturated heterocycles. The van der Waals surface area contributed by atoms with Gasteiger partial charge in [0.05, 0.1) is 0 Å². The molecule has 0 atom stereocenters. The van der Waals surface area contributed by atoms with Gasteiger partial charge in [-0.25, -0.2) is 8.78 Å². The molecule has 2 aliphatic rings. The second kappa shape index (κ2) is 11.9. The highest BCUT2D eigenvalue weighted by Crippen LogP contribution is 2.45. The second-order valence-corrected chi connectivity index (χ2v) is 9.42. The molecule has 5 heteroatoms. The fraction of sp³-hybridized carbons (Fsp3) is 0.692. The van der Waals surface area contributed by atoms with E-state index in [2.05, 4.69) is 23.8 Å². The summed E-state index contributed by atoms with van der Waals surface area (Å²) in [6.45, 7) is -1.03. The Morgan fingerprint density at radius 3 is 1.97 bits per heavy atom. The van der Waals surface area contributed by atoms with Gasteiger partial charge in [0.2, 0.25) is 0 Å². The summed E-state index contributed by atoms with van der Waals surface area (Å²) < 4.78 is 56.8. The van der Waals surface area contributed by atoms with Crippen molar-refractivity contribution in [2.45, 2.75) is 96.5 Å². The van der Waals surface area contributed by atoms with Crippen LogP contribution in [0.3, 0.4) is 0 Å². The van der Waals surface area contributed by atoms with Gasteiger partial charge < -0.3 is 4.74 Å². The maximum absolute atomic E-state index is 14.1. The zero-order chi connectivity index (χ0) is 22.2. The largest absolute Gasteiger partial charge is 0.429 e. The zero-order valence-corrected chi connectivity index (χ0v) is 18.6. The van der Waals surface area contributed by atoms with E-state index in [-0.39, 0.29) is 5.92 Å². The highest BCUT2D eigenvalue weighted by atomic mass is 19.3. The predicted octanol–water partition coefficient (Wildman–Crippen LogP) is 8.78. The van der Waals surface area contributed by atoms with Crippen LogP contribution in [0.4, 0.5) is 17.6 Å². The van der Waals surface area contributed by atoms with Gasteiger partial charge in [0.25, 0.3) is 0 Å². The molecule has 1 aromatic rings. The van der Waals surface area contributed by atoms with Crippen molar-refractivity contribution in [2.75, 3.05) is 0 Å². The molecule has 0 unspecified atom stereocenters. The van der Waals surface area contributed by atoms with Gasteiger partial charge in [0, 0.05) is 0 Å². The highest BCUT2D eigenvalue weighted by Gasteiger charge is 2.31. The summed E-state index contributed by atoms with van der Waals surface area (Å²) in [4.78, 5) is 0. The van der Waals surface area contributed by atoms with Crippen molar-refractivity contribution < 1.29 is 22.3 Å². The first-order valence-corrected chi connectivity index (χ1v) is 12.1. The zero-order valence-electron chi connectivity index (χ0n) is 18.6. The molecule has 0 spiro atoms. The fourth-order valence-corrected chi connectivity index (χ4v) is 5.62. The molecule has 0 aromatic heterocycles. The van der Waals surface area contributed by atoms with Crippen molar-refractivity contribution >= 4 is 0 Å². The Morgan fingerprint density at radius 1 is 0.871 bits per heavy atom. The standard InChI is InChI=1S/C26H36F4O/c1-2-3-4-5-6-7-18-8-10-19(11-9-18)20-12-14-21(15-13-20)22-16-23(27)25(24(28)17-22)31-26(29)30/h4-5,16-21,26H,2-3,6-15H2,1H3. The molecule has 0 heterocycles. The van der Waals surface area contributed by atoms with Crippen LogP contribution in [0.15, 0.2) is 24.3 Å². The first-order valence-electron chi connectivity index (χ1n) is 12.1. The van der Waals surface area contributed by atoms with Crippen LogP contribution in [0.25, 0.3) is 0 Å². The third-order valence-corrected chi connectivity index (χ3v) is 7.39. The lowest BCUT2D eigenvalue weighted by Crippen LogP contribution is -2.25. The molecule has 0 radical (unpaired) electrons. The molecule has 3 rings (SSSR count). The van der Waals surface area contributed by atoms with Crippen LogP contribution in [0.5, 0.6) is 5.75 Å². The molecule has 2 fully saturated rings. The van der Waals surface area contributed by atoms with E-state index in [1.54, 1.807) is 0 Å². The maximum Gasteiger partial charge on any atom is 0.387 e. The SMILES string of the molecule is CCCC=CCCC1CCC(C2CCC(c3cc(F)c(OC(F)F)c(F)c3)CC2)CC1. The Balaban J connectivity index is 1.44. The van der Waals surface area contributed by atoms with Crippen molar-refractivity contribution in [3.05, 3.63) is 41.5 Å². The Hall–Kier alpha value is -1.52. The van der Waals surface area contributed by atoms with Gasteiger partial charge >= 0.3 is 6.61 Å². The molecule has 0 amide bonds. The minimum absolute atomic E-state index is 0.0899. The lowest BCUT2D eigenvalue weighted by molar-refractivity contribution is -0.0546. The minimum Gasteiger partial charge on any atom is -0.429 e. The first-order chi connectivity index (χ1) is 15.0. The fourth-order valence-electron chi connectivity index (χ4n) is 5.62. The molecule has 0 N–H and O–H groups in total. The van der Waals surface area contributed by atoms with E-state index in [1.807, 2.05) is 0 Å². The van der Waals surface area contributed by atoms with Crippen molar-refractivity contribution in [3.63, 3.8) is 0 Å². The van der Waals surface area contributed by atoms with Gasteiger partial charge in [0.1, 0.15) is 0 Å². The van der Waals surface area contributed by atoms with Crippen molar-refractivity contribution in [2.24, 2.45) is 17.8 Å². The molecule has 2 aliphatic carbocycles. The van der Waals surface area contributed by atoms with Crippen LogP contribution in [-0.4, -0.2) is 6.61 Å². The normalized spacial score (nSPS) is 27.2. The summed E-state index contributed by atoms with van der Waals surface area (Å²) in [5.74, 6) is -0.627. The van der Waals surface area contributed by atoms with Gasteiger partial charge in [-0.3, -0.25) is 0 Å². The van der Waals surface area contributed by atoms with E-state index >= 15 is 0 Å². The van der Waals surface area contributed by atoms with Crippen LogP contribution < -0.4 is 4.74 Å². The Kier molecular flexibility index (Phi) is 9.28. The summed E-state index contributed by atoms with van der Waals surface area (Å²) >= 11 is 0. The van der Waals surface area contributed by atoms with Gasteiger partial charge in [-0.1, -0.05) is 38.3 Å². The number of hydrogen-bond acceptors (Lipinski definition) is 1. The Morgan fingerprint density at radius 2 is 1.42 bits per heavy atom. The summed E-state index contributed by atoms with van der Waals surface area (Å²) in [5.41, 5.74) is 0.565. The average Bonchev–Trinajstić information content (AvgIpc) is 2.76. The number of allylic oxidation sites excluding steroid dienone is 2. The molecular formula is C26H36F4O. The minimum atomic E-state index is -3.24. The summed E-state index contributed by atoms with van der Waals surface area (Å²) in [7, 11) is 0. The first kappa shape index (κ1) is 24.1. The summed E-state index contributed by atoms with van der Waals surface area (Å²) in [6.07, 6.45) is 18.8. The van der Waals surface area contributed by atoms with Crippen LogP contribution >= 0.6 is 0 Å². The smallest absolute Gasteiger partial charge is 0.387 e. The monoisotopic (exact) mass is 440 g/mol. The van der Waals surface area contributed by atoms with E-state index in [0.717, 1.165) is 37.5 Å². The van der Waals surface area contributed by atoms with Crippen LogP contribution in [0.2, 0.25) is 0 Å². The van der Waals surface area contributed by atoms with Gasteiger partial charge in [-0.15, -0.1) is 0 Å². The second-order valence-electron chi connectivity index (χ2n) is 9.42. The number of unbranched alkanes of at least 4 members (excludes halogenated alkanes) is 1. The van der Waals surface area contributed by atoms with Crippen LogP contribution in [-0.2, 0) is 0 Å². The third kappa shape index (κ3) is 6.98. The van der Waals surface area contributed by atoms with E-state index in [4.69, 9.17) is 0 Å². The van der Waals surface area contributed by atoms with E-state index in [9.17, 15) is 17.6 Å². The molecule has 2 saturated carbocycles. The molecule has 31 heavy (non-hydrogen) atoms. The average molecular weight is 441 g/mol. The number of alkyl halides is 2. The van der Waals surface area contributed by atoms with Gasteiger partial charge in [0.15, 0.2) is 17.4 Å². The maximum atomic E-state index is 14.1. The van der Waals surface area contributed by atoms with E-state index in [1.165, 1.54) is 63.5 Å². The third-order valence-electron chi connectivity index (χ3n) is 7.39. The number of halogens is 4. The number of benzene rings is 1. The van der Waals surface area contributed by atoms with Gasteiger partial charge in [-0.05, 0) is 99.2 Å². The molecular weight excluding hydrogens is 404 g/mol. The van der Waals surface area contributed by atoms with Crippen LogP contribution in [0, 0.1) is 29.4 Å². The number of ether oxygens (including phenoxy) is 1.